The van der Waals surface area contributed by atoms with E-state index in [0.717, 1.165) is 11.6 Å². The predicted molar refractivity (Wildman–Crippen MR) is 114 cm³/mol. The van der Waals surface area contributed by atoms with E-state index >= 15 is 0 Å². The number of rotatable bonds is 5. The van der Waals surface area contributed by atoms with Crippen molar-refractivity contribution >= 4 is 23.7 Å². The molecule has 2 amide bonds. The third kappa shape index (κ3) is 6.01. The quantitative estimate of drug-likeness (QED) is 0.588. The minimum atomic E-state index is -4.95. The summed E-state index contributed by atoms with van der Waals surface area (Å²) < 4.78 is 41.1. The molecule has 0 spiro atoms. The number of hydrogen-bond acceptors (Lipinski definition) is 6. The van der Waals surface area contributed by atoms with Gasteiger partial charge in [0.05, 0.1) is 5.54 Å². The zero-order valence-electron chi connectivity index (χ0n) is 18.2. The Morgan fingerprint density at radius 3 is 2.79 bits per heavy atom. The van der Waals surface area contributed by atoms with Crippen molar-refractivity contribution in [2.45, 2.75) is 38.8 Å². The lowest BCUT2D eigenvalue weighted by atomic mass is 10.1. The van der Waals surface area contributed by atoms with E-state index in [-0.39, 0.29) is 18.0 Å². The number of phenolic OH excluding ortho intramolecular Hbond substituents is 1. The number of benzene rings is 1. The number of ether oxygens (including phenoxy) is 1. The minimum absolute atomic E-state index is 0.0946. The molecule has 176 valence electrons. The largest absolute Gasteiger partial charge is 0.573 e. The fourth-order valence-electron chi connectivity index (χ4n) is 3.06. The fraction of sp³-hybridized carbons (Fsp3) is 0.318. The van der Waals surface area contributed by atoms with Gasteiger partial charge in [-0.3, -0.25) is 14.9 Å². The molecule has 2 aromatic rings. The van der Waals surface area contributed by atoms with Gasteiger partial charge < -0.3 is 20.1 Å². The van der Waals surface area contributed by atoms with Gasteiger partial charge in [-0.1, -0.05) is 12.1 Å². The van der Waals surface area contributed by atoms with Crippen molar-refractivity contribution in [1.29, 1.82) is 0 Å². The van der Waals surface area contributed by atoms with Gasteiger partial charge in [-0.25, -0.2) is 4.98 Å². The highest BCUT2D eigenvalue weighted by molar-refractivity contribution is 5.98. The van der Waals surface area contributed by atoms with E-state index in [0.29, 0.717) is 17.9 Å². The van der Waals surface area contributed by atoms with Gasteiger partial charge in [0.1, 0.15) is 5.82 Å². The molecule has 3 rings (SSSR count). The Hall–Kier alpha value is -3.60. The van der Waals surface area contributed by atoms with Crippen molar-refractivity contribution in [1.82, 2.24) is 15.2 Å². The molecule has 8 nitrogen and oxygen atoms in total. The molecule has 0 bridgehead atoms. The van der Waals surface area contributed by atoms with E-state index in [1.54, 1.807) is 19.9 Å². The summed E-state index contributed by atoms with van der Waals surface area (Å²) in [6.07, 6.45) is -0.627. The highest BCUT2D eigenvalue weighted by Crippen LogP contribution is 2.34. The lowest BCUT2D eigenvalue weighted by Gasteiger charge is -2.21. The number of alkyl halides is 3. The summed E-state index contributed by atoms with van der Waals surface area (Å²) in [4.78, 5) is 30.1. The molecule has 0 aliphatic carbocycles. The number of carbonyl (C=O) groups is 2. The topological polar surface area (TPSA) is 104 Å². The van der Waals surface area contributed by atoms with Crippen LogP contribution in [-0.2, 0) is 22.7 Å². The van der Waals surface area contributed by atoms with Crippen molar-refractivity contribution in [3.63, 3.8) is 0 Å². The second-order valence-corrected chi connectivity index (χ2v) is 8.05. The Balaban J connectivity index is 1.69. The molecular formula is C22H23F3N4O4. The molecule has 0 saturated heterocycles. The maximum Gasteiger partial charge on any atom is 0.573 e. The third-order valence-corrected chi connectivity index (χ3v) is 5.02. The number of amides is 2. The van der Waals surface area contributed by atoms with Crippen LogP contribution in [-0.4, -0.2) is 45.8 Å². The number of para-hydroxylation sites is 1. The molecule has 1 aromatic carbocycles. The number of likely N-dealkylation sites (N-methyl/N-ethyl adjacent to an activating group) is 1. The summed E-state index contributed by atoms with van der Waals surface area (Å²) in [7, 11) is 1.44. The van der Waals surface area contributed by atoms with Crippen LogP contribution in [0.3, 0.4) is 0 Å². The first-order valence-corrected chi connectivity index (χ1v) is 9.91. The van der Waals surface area contributed by atoms with E-state index in [9.17, 15) is 27.9 Å². The molecule has 0 atom stereocenters. The lowest BCUT2D eigenvalue weighted by Crippen LogP contribution is -2.47. The maximum atomic E-state index is 12.5. The first kappa shape index (κ1) is 24.1. The van der Waals surface area contributed by atoms with Gasteiger partial charge in [-0.2, -0.15) is 0 Å². The van der Waals surface area contributed by atoms with E-state index < -0.39 is 29.3 Å². The number of phenols is 1. The number of nitrogens with zero attached hydrogens (tertiary/aromatic N) is 2. The molecule has 1 aliphatic rings. The standard InChI is InChI=1S/C22H23F3N4O4/c1-21(2)20(32)28-19-15(11-27-21)9-13(10-26-19)7-8-17(30)29(3)12-14-5-4-6-16(18(14)31)33-22(23,24)25/h4-10,27,31H,11-12H2,1-3H3,(H,26,28,32)/b8-7+. The maximum absolute atomic E-state index is 12.5. The predicted octanol–water partition coefficient (Wildman–Crippen LogP) is 3.18. The first-order chi connectivity index (χ1) is 15.4. The number of carbonyl (C=O) groups excluding carboxylic acids is 2. The Morgan fingerprint density at radius 2 is 2.09 bits per heavy atom. The van der Waals surface area contributed by atoms with Crippen molar-refractivity contribution in [3.05, 3.63) is 53.2 Å². The van der Waals surface area contributed by atoms with Crippen LogP contribution in [0.4, 0.5) is 19.0 Å². The van der Waals surface area contributed by atoms with E-state index in [2.05, 4.69) is 20.4 Å². The van der Waals surface area contributed by atoms with E-state index in [4.69, 9.17) is 0 Å². The number of aromatic nitrogens is 1. The SMILES string of the molecule is CN(Cc1cccc(OC(F)(F)F)c1O)C(=O)/C=C/c1cnc2c(c1)CNC(C)(C)C(=O)N2. The highest BCUT2D eigenvalue weighted by atomic mass is 19.4. The Labute approximate surface area is 188 Å². The molecule has 3 N–H and O–H groups in total. The summed E-state index contributed by atoms with van der Waals surface area (Å²) in [6.45, 7) is 3.77. The van der Waals surface area contributed by atoms with Crippen LogP contribution in [0, 0.1) is 0 Å². The summed E-state index contributed by atoms with van der Waals surface area (Å²) in [5.41, 5.74) is 0.707. The van der Waals surface area contributed by atoms with Gasteiger partial charge in [0, 0.05) is 43.5 Å². The smallest absolute Gasteiger partial charge is 0.504 e. The minimum Gasteiger partial charge on any atom is -0.504 e. The van der Waals surface area contributed by atoms with Crippen LogP contribution in [0.5, 0.6) is 11.5 Å². The van der Waals surface area contributed by atoms with E-state index in [1.807, 2.05) is 0 Å². The molecule has 0 fully saturated rings. The average molecular weight is 464 g/mol. The van der Waals surface area contributed by atoms with Crippen molar-refractivity contribution < 1.29 is 32.6 Å². The van der Waals surface area contributed by atoms with Crippen LogP contribution in [0.15, 0.2) is 36.5 Å². The van der Waals surface area contributed by atoms with Crippen LogP contribution in [0.1, 0.15) is 30.5 Å². The van der Waals surface area contributed by atoms with Crippen LogP contribution >= 0.6 is 0 Å². The zero-order chi connectivity index (χ0) is 24.4. The number of pyridine rings is 1. The number of halogens is 3. The molecular weight excluding hydrogens is 441 g/mol. The van der Waals surface area contributed by atoms with Crippen molar-refractivity contribution in [2.24, 2.45) is 0 Å². The van der Waals surface area contributed by atoms with E-state index in [1.165, 1.54) is 42.4 Å². The molecule has 11 heteroatoms. The summed E-state index contributed by atoms with van der Waals surface area (Å²) in [6, 6.07) is 5.45. The Morgan fingerprint density at radius 1 is 1.36 bits per heavy atom. The Bertz CT molecular complexity index is 1100. The monoisotopic (exact) mass is 464 g/mol. The molecule has 2 heterocycles. The Kier molecular flexibility index (Phi) is 6.63. The molecule has 1 aromatic heterocycles. The number of fused-ring (bicyclic) bond motifs is 1. The van der Waals surface area contributed by atoms with Gasteiger partial charge in [0.15, 0.2) is 11.5 Å². The van der Waals surface area contributed by atoms with Crippen molar-refractivity contribution in [3.8, 4) is 11.5 Å². The van der Waals surface area contributed by atoms with Gasteiger partial charge in [0.2, 0.25) is 11.8 Å². The van der Waals surface area contributed by atoms with Gasteiger partial charge >= 0.3 is 6.36 Å². The molecule has 0 radical (unpaired) electrons. The van der Waals surface area contributed by atoms with Crippen molar-refractivity contribution in [2.75, 3.05) is 12.4 Å². The number of hydrogen-bond donors (Lipinski definition) is 3. The normalized spacial score (nSPS) is 15.5. The molecule has 0 unspecified atom stereocenters. The van der Waals surface area contributed by atoms with Gasteiger partial charge in [0.25, 0.3) is 0 Å². The zero-order valence-corrected chi connectivity index (χ0v) is 18.2. The lowest BCUT2D eigenvalue weighted by molar-refractivity contribution is -0.275. The number of anilines is 1. The second kappa shape index (κ2) is 9.10. The molecule has 0 saturated carbocycles. The van der Waals surface area contributed by atoms with Crippen LogP contribution in [0.25, 0.3) is 6.08 Å². The molecule has 1 aliphatic heterocycles. The number of aromatic hydroxyl groups is 1. The fourth-order valence-corrected chi connectivity index (χ4v) is 3.06. The highest BCUT2D eigenvalue weighted by Gasteiger charge is 2.33. The first-order valence-electron chi connectivity index (χ1n) is 9.91. The second-order valence-electron chi connectivity index (χ2n) is 8.05. The van der Waals surface area contributed by atoms with Gasteiger partial charge in [-0.05, 0) is 37.6 Å². The summed E-state index contributed by atoms with van der Waals surface area (Å²) >= 11 is 0. The van der Waals surface area contributed by atoms with Crippen LogP contribution in [0.2, 0.25) is 0 Å². The van der Waals surface area contributed by atoms with Crippen LogP contribution < -0.4 is 15.4 Å². The third-order valence-electron chi connectivity index (χ3n) is 5.02. The summed E-state index contributed by atoms with van der Waals surface area (Å²) in [5, 5.41) is 15.9. The number of nitrogens with one attached hydrogen (secondary N) is 2. The average Bonchev–Trinajstić information content (AvgIpc) is 2.84. The molecule has 33 heavy (non-hydrogen) atoms. The van der Waals surface area contributed by atoms with Gasteiger partial charge in [-0.15, -0.1) is 13.2 Å². The summed E-state index contributed by atoms with van der Waals surface area (Å²) in [5.74, 6) is -1.64.